The molecule has 0 saturated carbocycles. The molecular formula is C17H21BrN2O4S2. The Kier molecular flexibility index (Phi) is 6.98. The Morgan fingerprint density at radius 1 is 0.846 bits per heavy atom. The van der Waals surface area contributed by atoms with Crippen LogP contribution in [0.1, 0.15) is 19.4 Å². The van der Waals surface area contributed by atoms with E-state index in [0.717, 1.165) is 10.0 Å². The van der Waals surface area contributed by atoms with E-state index in [1.807, 2.05) is 0 Å². The van der Waals surface area contributed by atoms with E-state index in [1.165, 1.54) is 24.3 Å². The number of sulfonamides is 2. The quantitative estimate of drug-likeness (QED) is 0.632. The van der Waals surface area contributed by atoms with Gasteiger partial charge in [0.2, 0.25) is 20.0 Å². The fraction of sp³-hybridized carbons (Fsp3) is 0.294. The topological polar surface area (TPSA) is 92.3 Å². The minimum absolute atomic E-state index is 0.186. The highest BCUT2D eigenvalue weighted by atomic mass is 79.9. The van der Waals surface area contributed by atoms with Crippen LogP contribution in [0.5, 0.6) is 0 Å². The Labute approximate surface area is 163 Å². The minimum atomic E-state index is -3.57. The molecule has 2 rings (SSSR count). The fourth-order valence-corrected chi connectivity index (χ4v) is 4.79. The van der Waals surface area contributed by atoms with Crippen molar-refractivity contribution in [1.29, 1.82) is 0 Å². The Hall–Kier alpha value is -1.26. The standard InChI is InChI=1S/C17H21BrN2O4S2/c1-13(2)20-26(23,24)17-7-3-14(4-8-17)11-12-19-25(21,22)16-9-5-15(18)6-10-16/h3-10,13,19-20H,11-12H2,1-2H3. The zero-order valence-electron chi connectivity index (χ0n) is 14.4. The zero-order valence-corrected chi connectivity index (χ0v) is 17.7. The SMILES string of the molecule is CC(C)NS(=O)(=O)c1ccc(CCNS(=O)(=O)c2ccc(Br)cc2)cc1. The molecule has 0 aliphatic heterocycles. The van der Waals surface area contributed by atoms with Crippen LogP contribution in [0, 0.1) is 0 Å². The smallest absolute Gasteiger partial charge is 0.211 e. The summed E-state index contributed by atoms with van der Waals surface area (Å²) in [5.74, 6) is 0. The molecule has 2 N–H and O–H groups in total. The molecule has 26 heavy (non-hydrogen) atoms. The van der Waals surface area contributed by atoms with Crippen LogP contribution in [0.2, 0.25) is 0 Å². The average Bonchev–Trinajstić information content (AvgIpc) is 2.54. The molecule has 0 fully saturated rings. The van der Waals surface area contributed by atoms with Gasteiger partial charge in [-0.05, 0) is 62.2 Å². The van der Waals surface area contributed by atoms with Gasteiger partial charge in [-0.1, -0.05) is 28.1 Å². The highest BCUT2D eigenvalue weighted by Gasteiger charge is 2.15. The third-order valence-electron chi connectivity index (χ3n) is 3.45. The summed E-state index contributed by atoms with van der Waals surface area (Å²) in [5.41, 5.74) is 0.840. The van der Waals surface area contributed by atoms with Crippen LogP contribution in [0.15, 0.2) is 62.8 Å². The normalized spacial score (nSPS) is 12.5. The van der Waals surface area contributed by atoms with Gasteiger partial charge >= 0.3 is 0 Å². The molecule has 2 aromatic rings. The van der Waals surface area contributed by atoms with Gasteiger partial charge in [0.25, 0.3) is 0 Å². The summed E-state index contributed by atoms with van der Waals surface area (Å²) in [7, 11) is -7.09. The summed E-state index contributed by atoms with van der Waals surface area (Å²) in [6.45, 7) is 3.72. The Morgan fingerprint density at radius 2 is 1.35 bits per heavy atom. The van der Waals surface area contributed by atoms with Crippen LogP contribution >= 0.6 is 15.9 Å². The van der Waals surface area contributed by atoms with Crippen LogP contribution < -0.4 is 9.44 Å². The second-order valence-electron chi connectivity index (χ2n) is 6.02. The summed E-state index contributed by atoms with van der Waals surface area (Å²) in [4.78, 5) is 0.382. The molecule has 0 bridgehead atoms. The summed E-state index contributed by atoms with van der Waals surface area (Å²) in [5, 5.41) is 0. The van der Waals surface area contributed by atoms with Gasteiger partial charge in [-0.15, -0.1) is 0 Å². The minimum Gasteiger partial charge on any atom is -0.211 e. The first-order chi connectivity index (χ1) is 12.1. The third-order valence-corrected chi connectivity index (χ3v) is 7.13. The molecule has 0 spiro atoms. The number of hydrogen-bond donors (Lipinski definition) is 2. The molecule has 0 amide bonds. The van der Waals surface area contributed by atoms with Crippen molar-refractivity contribution < 1.29 is 16.8 Å². The Balaban J connectivity index is 1.97. The predicted molar refractivity (Wildman–Crippen MR) is 105 cm³/mol. The number of hydrogen-bond acceptors (Lipinski definition) is 4. The lowest BCUT2D eigenvalue weighted by Crippen LogP contribution is -2.30. The van der Waals surface area contributed by atoms with Gasteiger partial charge in [0.1, 0.15) is 0 Å². The van der Waals surface area contributed by atoms with Crippen molar-refractivity contribution in [3.8, 4) is 0 Å². The van der Waals surface area contributed by atoms with Crippen LogP contribution in [0.25, 0.3) is 0 Å². The third kappa shape index (κ3) is 5.88. The predicted octanol–water partition coefficient (Wildman–Crippen LogP) is 2.66. The summed E-state index contributed by atoms with van der Waals surface area (Å²) < 4.78 is 54.4. The van der Waals surface area contributed by atoms with Gasteiger partial charge in [-0.25, -0.2) is 26.3 Å². The van der Waals surface area contributed by atoms with Gasteiger partial charge in [0, 0.05) is 17.1 Å². The summed E-state index contributed by atoms with van der Waals surface area (Å²) in [6, 6.07) is 12.6. The summed E-state index contributed by atoms with van der Waals surface area (Å²) >= 11 is 3.27. The molecule has 0 heterocycles. The second kappa shape index (κ2) is 8.62. The first kappa shape index (κ1) is 21.0. The maximum Gasteiger partial charge on any atom is 0.240 e. The van der Waals surface area contributed by atoms with E-state index in [2.05, 4.69) is 25.4 Å². The van der Waals surface area contributed by atoms with Gasteiger partial charge in [0.15, 0.2) is 0 Å². The maximum atomic E-state index is 12.2. The van der Waals surface area contributed by atoms with Gasteiger partial charge in [-0.3, -0.25) is 0 Å². The molecule has 0 saturated heterocycles. The number of halogens is 1. The van der Waals surface area contributed by atoms with E-state index in [-0.39, 0.29) is 22.4 Å². The van der Waals surface area contributed by atoms with Crippen molar-refractivity contribution in [2.45, 2.75) is 36.1 Å². The molecule has 0 radical (unpaired) electrons. The van der Waals surface area contributed by atoms with Crippen molar-refractivity contribution in [3.63, 3.8) is 0 Å². The molecule has 9 heteroatoms. The fourth-order valence-electron chi connectivity index (χ4n) is 2.24. The highest BCUT2D eigenvalue weighted by molar-refractivity contribution is 9.10. The number of nitrogens with one attached hydrogen (secondary N) is 2. The average molecular weight is 461 g/mol. The Bertz CT molecular complexity index is 939. The van der Waals surface area contributed by atoms with E-state index in [0.29, 0.717) is 6.42 Å². The van der Waals surface area contributed by atoms with E-state index in [1.54, 1.807) is 38.1 Å². The maximum absolute atomic E-state index is 12.2. The zero-order chi connectivity index (χ0) is 19.4. The lowest BCUT2D eigenvalue weighted by molar-refractivity contribution is 0.569. The van der Waals surface area contributed by atoms with Gasteiger partial charge in [0.05, 0.1) is 9.79 Å². The highest BCUT2D eigenvalue weighted by Crippen LogP contribution is 2.15. The van der Waals surface area contributed by atoms with Crippen molar-refractivity contribution in [2.24, 2.45) is 0 Å². The van der Waals surface area contributed by atoms with Crippen molar-refractivity contribution in [3.05, 3.63) is 58.6 Å². The molecular weight excluding hydrogens is 440 g/mol. The lowest BCUT2D eigenvalue weighted by Gasteiger charge is -2.10. The molecule has 0 aromatic heterocycles. The number of rotatable bonds is 8. The largest absolute Gasteiger partial charge is 0.240 e. The first-order valence-corrected chi connectivity index (χ1v) is 11.7. The molecule has 2 aromatic carbocycles. The second-order valence-corrected chi connectivity index (χ2v) is 10.4. The Morgan fingerprint density at radius 3 is 1.88 bits per heavy atom. The van der Waals surface area contributed by atoms with Crippen LogP contribution in [-0.4, -0.2) is 29.4 Å². The van der Waals surface area contributed by atoms with Gasteiger partial charge in [-0.2, -0.15) is 0 Å². The van der Waals surface area contributed by atoms with Crippen LogP contribution in [-0.2, 0) is 26.5 Å². The van der Waals surface area contributed by atoms with Crippen molar-refractivity contribution >= 4 is 36.0 Å². The summed E-state index contributed by atoms with van der Waals surface area (Å²) in [6.07, 6.45) is 0.452. The van der Waals surface area contributed by atoms with E-state index in [9.17, 15) is 16.8 Å². The van der Waals surface area contributed by atoms with E-state index in [4.69, 9.17) is 0 Å². The molecule has 0 aliphatic rings. The molecule has 0 aliphatic carbocycles. The van der Waals surface area contributed by atoms with E-state index < -0.39 is 20.0 Å². The lowest BCUT2D eigenvalue weighted by atomic mass is 10.2. The number of benzene rings is 2. The first-order valence-electron chi connectivity index (χ1n) is 7.97. The molecule has 142 valence electrons. The molecule has 0 unspecified atom stereocenters. The van der Waals surface area contributed by atoms with Crippen LogP contribution in [0.4, 0.5) is 0 Å². The van der Waals surface area contributed by atoms with Gasteiger partial charge < -0.3 is 0 Å². The van der Waals surface area contributed by atoms with Crippen molar-refractivity contribution in [2.75, 3.05) is 6.54 Å². The molecule has 0 atom stereocenters. The monoisotopic (exact) mass is 460 g/mol. The van der Waals surface area contributed by atoms with E-state index >= 15 is 0 Å². The molecule has 6 nitrogen and oxygen atoms in total. The van der Waals surface area contributed by atoms with Crippen molar-refractivity contribution in [1.82, 2.24) is 9.44 Å². The van der Waals surface area contributed by atoms with Crippen LogP contribution in [0.3, 0.4) is 0 Å².